The number of nitrogens with one attached hydrogen (secondary N) is 2. The van der Waals surface area contributed by atoms with Crippen LogP contribution in [0.25, 0.3) is 0 Å². The summed E-state index contributed by atoms with van der Waals surface area (Å²) in [7, 11) is 4.72. The van der Waals surface area contributed by atoms with Crippen molar-refractivity contribution in [1.82, 2.24) is 24.9 Å². The summed E-state index contributed by atoms with van der Waals surface area (Å²) < 4.78 is 54.9. The van der Waals surface area contributed by atoms with Gasteiger partial charge < -0.3 is 20.1 Å². The maximum Gasteiger partial charge on any atom is 0.410 e. The molecule has 1 amide bonds. The van der Waals surface area contributed by atoms with Crippen LogP contribution in [-0.2, 0) is 13.6 Å². The number of benzene rings is 1. The second-order valence-electron chi connectivity index (χ2n) is 8.03. The molecule has 182 valence electrons. The van der Waals surface area contributed by atoms with E-state index in [-0.39, 0.29) is 24.5 Å². The van der Waals surface area contributed by atoms with Crippen LogP contribution in [0.15, 0.2) is 30.5 Å². The zero-order valence-electron chi connectivity index (χ0n) is 19.1. The molecule has 0 fully saturated rings. The van der Waals surface area contributed by atoms with Gasteiger partial charge in [0, 0.05) is 37.3 Å². The van der Waals surface area contributed by atoms with E-state index in [1.54, 1.807) is 36.1 Å². The fourth-order valence-corrected chi connectivity index (χ4v) is 3.96. The minimum atomic E-state index is -4.56. The summed E-state index contributed by atoms with van der Waals surface area (Å²) in [6.07, 6.45) is -3.23. The zero-order chi connectivity index (χ0) is 24.6. The Morgan fingerprint density at radius 2 is 1.97 bits per heavy atom. The predicted octanol–water partition coefficient (Wildman–Crippen LogP) is 3.53. The number of amides is 1. The van der Waals surface area contributed by atoms with E-state index in [0.717, 1.165) is 15.9 Å². The van der Waals surface area contributed by atoms with E-state index in [1.807, 2.05) is 6.92 Å². The molecule has 3 aromatic rings. The van der Waals surface area contributed by atoms with Crippen molar-refractivity contribution in [3.8, 4) is 11.5 Å². The molecule has 0 saturated carbocycles. The standard InChI is InChI=1S/C22H25F3N6O3/c1-12-14(11-27-30(12)2)10-26-21(32)16-9-20-28-15(8-19(22(23,24)25)31(20)29-16)13-5-6-17(33-3)18(7-13)34-4/h5-7,9,11,15,19,28H,8,10H2,1-4H3,(H,26,32)/t15-,19-/m1/s1. The molecule has 0 bridgehead atoms. The summed E-state index contributed by atoms with van der Waals surface area (Å²) in [5.74, 6) is 0.420. The highest BCUT2D eigenvalue weighted by Gasteiger charge is 2.47. The van der Waals surface area contributed by atoms with Gasteiger partial charge in [-0.15, -0.1) is 0 Å². The number of aryl methyl sites for hydroxylation is 1. The fourth-order valence-electron chi connectivity index (χ4n) is 3.96. The van der Waals surface area contributed by atoms with Crippen molar-refractivity contribution < 1.29 is 27.4 Å². The number of ether oxygens (including phenoxy) is 2. The monoisotopic (exact) mass is 478 g/mol. The predicted molar refractivity (Wildman–Crippen MR) is 117 cm³/mol. The van der Waals surface area contributed by atoms with Gasteiger partial charge in [0.25, 0.3) is 5.91 Å². The number of fused-ring (bicyclic) bond motifs is 1. The smallest absolute Gasteiger partial charge is 0.410 e. The number of alkyl halides is 3. The van der Waals surface area contributed by atoms with Crippen LogP contribution in [-0.4, -0.2) is 45.9 Å². The van der Waals surface area contributed by atoms with Gasteiger partial charge in [0.1, 0.15) is 5.82 Å². The average Bonchev–Trinajstić information content (AvgIpc) is 3.39. The van der Waals surface area contributed by atoms with Crippen LogP contribution in [0.5, 0.6) is 11.5 Å². The lowest BCUT2D eigenvalue weighted by molar-refractivity contribution is -0.173. The summed E-state index contributed by atoms with van der Waals surface area (Å²) in [6, 6.07) is 3.72. The lowest BCUT2D eigenvalue weighted by atomic mass is 9.96. The molecule has 0 saturated heterocycles. The third-order valence-corrected chi connectivity index (χ3v) is 6.01. The van der Waals surface area contributed by atoms with E-state index in [9.17, 15) is 18.0 Å². The Labute approximate surface area is 193 Å². The Morgan fingerprint density at radius 3 is 2.59 bits per heavy atom. The molecule has 3 heterocycles. The Morgan fingerprint density at radius 1 is 1.24 bits per heavy atom. The molecule has 4 rings (SSSR count). The minimum Gasteiger partial charge on any atom is -0.493 e. The Bertz CT molecular complexity index is 1200. The first-order valence-electron chi connectivity index (χ1n) is 10.5. The van der Waals surface area contributed by atoms with E-state index < -0.39 is 24.2 Å². The molecule has 1 aromatic carbocycles. The number of hydrogen-bond donors (Lipinski definition) is 2. The van der Waals surface area contributed by atoms with Crippen LogP contribution < -0.4 is 20.1 Å². The van der Waals surface area contributed by atoms with Crippen molar-refractivity contribution >= 4 is 11.7 Å². The molecule has 34 heavy (non-hydrogen) atoms. The molecule has 2 atom stereocenters. The van der Waals surface area contributed by atoms with Gasteiger partial charge in [-0.2, -0.15) is 23.4 Å². The first-order valence-corrected chi connectivity index (χ1v) is 10.5. The second-order valence-corrected chi connectivity index (χ2v) is 8.03. The molecule has 1 aliphatic heterocycles. The third-order valence-electron chi connectivity index (χ3n) is 6.01. The number of halogens is 3. The second kappa shape index (κ2) is 8.92. The van der Waals surface area contributed by atoms with E-state index in [1.165, 1.54) is 20.3 Å². The summed E-state index contributed by atoms with van der Waals surface area (Å²) in [4.78, 5) is 12.7. The summed E-state index contributed by atoms with van der Waals surface area (Å²) >= 11 is 0. The number of rotatable bonds is 6. The topological polar surface area (TPSA) is 95.2 Å². The van der Waals surface area contributed by atoms with E-state index in [4.69, 9.17) is 9.47 Å². The van der Waals surface area contributed by atoms with E-state index >= 15 is 0 Å². The summed E-state index contributed by atoms with van der Waals surface area (Å²) in [5.41, 5.74) is 2.17. The first-order chi connectivity index (χ1) is 16.1. The first kappa shape index (κ1) is 23.5. The number of anilines is 1. The summed E-state index contributed by atoms with van der Waals surface area (Å²) in [5, 5.41) is 13.9. The highest BCUT2D eigenvalue weighted by atomic mass is 19.4. The zero-order valence-corrected chi connectivity index (χ0v) is 19.1. The molecule has 9 nitrogen and oxygen atoms in total. The molecule has 12 heteroatoms. The van der Waals surface area contributed by atoms with Crippen molar-refractivity contribution in [2.24, 2.45) is 7.05 Å². The van der Waals surface area contributed by atoms with Crippen LogP contribution in [0, 0.1) is 6.92 Å². The van der Waals surface area contributed by atoms with Crippen LogP contribution in [0.4, 0.5) is 19.0 Å². The van der Waals surface area contributed by atoms with Crippen molar-refractivity contribution in [3.63, 3.8) is 0 Å². The number of nitrogens with zero attached hydrogens (tertiary/aromatic N) is 4. The molecular weight excluding hydrogens is 453 g/mol. The Balaban J connectivity index is 1.60. The molecular formula is C22H25F3N6O3. The van der Waals surface area contributed by atoms with Crippen molar-refractivity contribution in [2.45, 2.75) is 38.1 Å². The molecule has 2 aromatic heterocycles. The average molecular weight is 478 g/mol. The SMILES string of the molecule is COc1ccc([C@H]2C[C@H](C(F)(F)F)n3nc(C(=O)NCc4cnn(C)c4C)cc3N2)cc1OC. The van der Waals surface area contributed by atoms with Crippen molar-refractivity contribution in [1.29, 1.82) is 0 Å². The van der Waals surface area contributed by atoms with Crippen molar-refractivity contribution in [2.75, 3.05) is 19.5 Å². The fraction of sp³-hybridized carbons (Fsp3) is 0.409. The lowest BCUT2D eigenvalue weighted by Crippen LogP contribution is -2.35. The minimum absolute atomic E-state index is 0.105. The largest absolute Gasteiger partial charge is 0.493 e. The Kier molecular flexibility index (Phi) is 6.15. The summed E-state index contributed by atoms with van der Waals surface area (Å²) in [6.45, 7) is 2.04. The number of hydrogen-bond acceptors (Lipinski definition) is 6. The van der Waals surface area contributed by atoms with Gasteiger partial charge in [-0.1, -0.05) is 6.07 Å². The number of aromatic nitrogens is 4. The quantitative estimate of drug-likeness (QED) is 0.563. The van der Waals surface area contributed by atoms with Gasteiger partial charge >= 0.3 is 6.18 Å². The van der Waals surface area contributed by atoms with E-state index in [2.05, 4.69) is 20.8 Å². The van der Waals surface area contributed by atoms with Crippen LogP contribution in [0.3, 0.4) is 0 Å². The molecule has 1 aliphatic rings. The van der Waals surface area contributed by atoms with E-state index in [0.29, 0.717) is 17.1 Å². The maximum atomic E-state index is 14.0. The van der Waals surface area contributed by atoms with Crippen molar-refractivity contribution in [3.05, 3.63) is 53.0 Å². The van der Waals surface area contributed by atoms with Crippen LogP contribution >= 0.6 is 0 Å². The third kappa shape index (κ3) is 4.39. The van der Waals surface area contributed by atoms with Gasteiger partial charge in [0.05, 0.1) is 26.5 Å². The number of carbonyl (C=O) groups excluding carboxylic acids is 1. The van der Waals surface area contributed by atoms with Crippen LogP contribution in [0.2, 0.25) is 0 Å². The molecule has 2 N–H and O–H groups in total. The molecule has 0 radical (unpaired) electrons. The molecule has 0 spiro atoms. The van der Waals surface area contributed by atoms with Crippen LogP contribution in [0.1, 0.15) is 45.8 Å². The van der Waals surface area contributed by atoms with Gasteiger partial charge in [0.2, 0.25) is 0 Å². The normalized spacial score (nSPS) is 17.6. The Hall–Kier alpha value is -3.70. The van der Waals surface area contributed by atoms with Gasteiger partial charge in [0.15, 0.2) is 23.2 Å². The molecule has 0 unspecified atom stereocenters. The highest BCUT2D eigenvalue weighted by Crippen LogP contribution is 2.44. The number of carbonyl (C=O) groups is 1. The molecule has 0 aliphatic carbocycles. The van der Waals surface area contributed by atoms with Gasteiger partial charge in [-0.3, -0.25) is 9.48 Å². The number of methoxy groups -OCH3 is 2. The van der Waals surface area contributed by atoms with Gasteiger partial charge in [-0.05, 0) is 24.6 Å². The highest BCUT2D eigenvalue weighted by molar-refractivity contribution is 5.93. The van der Waals surface area contributed by atoms with Gasteiger partial charge in [-0.25, -0.2) is 4.68 Å². The maximum absolute atomic E-state index is 14.0. The lowest BCUT2D eigenvalue weighted by Gasteiger charge is -2.33.